The summed E-state index contributed by atoms with van der Waals surface area (Å²) in [6.07, 6.45) is 15.4. The zero-order valence-corrected chi connectivity index (χ0v) is 35.1. The molecule has 1 heterocycles. The normalized spacial score (nSPS) is 12.8. The maximum Gasteiger partial charge on any atom is 0.157 e. The fourth-order valence-corrected chi connectivity index (χ4v) is 3.67. The predicted octanol–water partition coefficient (Wildman–Crippen LogP) is 7.57. The van der Waals surface area contributed by atoms with E-state index in [1.54, 1.807) is 0 Å². The summed E-state index contributed by atoms with van der Waals surface area (Å²) in [5.41, 5.74) is 0. The molecule has 0 saturated carbocycles. The van der Waals surface area contributed by atoms with Gasteiger partial charge in [0, 0.05) is 34.5 Å². The summed E-state index contributed by atoms with van der Waals surface area (Å²) in [5, 5.41) is 25.1. The maximum absolute atomic E-state index is 8.65. The van der Waals surface area contributed by atoms with Crippen molar-refractivity contribution in [3.63, 3.8) is 0 Å². The molecule has 1 fully saturated rings. The summed E-state index contributed by atoms with van der Waals surface area (Å²) in [5.74, 6) is 0. The first-order valence-electron chi connectivity index (χ1n) is 20.7. The largest absolute Gasteiger partial charge is 0.394 e. The zero-order chi connectivity index (χ0) is 39.4. The number of unbranched alkanes of at least 4 members (excludes halogenated alkanes) is 5. The number of aliphatic hydroxyl groups excluding tert-OH is 3. The van der Waals surface area contributed by atoms with Gasteiger partial charge in [0.2, 0.25) is 0 Å². The van der Waals surface area contributed by atoms with Crippen LogP contribution in [-0.2, 0) is 42.6 Å². The van der Waals surface area contributed by atoms with Crippen LogP contribution >= 0.6 is 0 Å². The Morgan fingerprint density at radius 2 is 0.788 bits per heavy atom. The van der Waals surface area contributed by atoms with Gasteiger partial charge in [-0.2, -0.15) is 0 Å². The molecule has 1 aliphatic rings. The van der Waals surface area contributed by atoms with Crippen molar-refractivity contribution in [1.82, 2.24) is 0 Å². The van der Waals surface area contributed by atoms with Crippen LogP contribution in [0.15, 0.2) is 0 Å². The van der Waals surface area contributed by atoms with Crippen molar-refractivity contribution in [1.29, 1.82) is 0 Å². The Morgan fingerprint density at radius 1 is 0.442 bits per heavy atom. The molecule has 0 aromatic rings. The second kappa shape index (κ2) is 59.8. The summed E-state index contributed by atoms with van der Waals surface area (Å²) in [7, 11) is 0. The number of ether oxygens (including phenoxy) is 9. The van der Waals surface area contributed by atoms with Gasteiger partial charge in [-0.1, -0.05) is 93.4 Å². The van der Waals surface area contributed by atoms with E-state index in [-0.39, 0.29) is 33.8 Å². The Morgan fingerprint density at radius 3 is 1.12 bits per heavy atom. The van der Waals surface area contributed by atoms with E-state index < -0.39 is 0 Å². The molecule has 322 valence electrons. The lowest BCUT2D eigenvalue weighted by Crippen LogP contribution is -2.21. The Labute approximate surface area is 322 Å². The second-order valence-electron chi connectivity index (χ2n) is 11.9. The minimum atomic E-state index is -0.202. The quantitative estimate of drug-likeness (QED) is 0.0448. The summed E-state index contributed by atoms with van der Waals surface area (Å²) in [4.78, 5) is 0. The molecule has 1 aliphatic heterocycles. The maximum atomic E-state index is 8.65. The number of rotatable bonds is 33. The minimum absolute atomic E-state index is 0. The molecule has 12 heteroatoms. The topological polar surface area (TPSA) is 144 Å². The molecule has 0 aromatic heterocycles. The number of hydrogen-bond acceptors (Lipinski definition) is 12. The highest BCUT2D eigenvalue weighted by atomic mass is 16.7. The molecule has 1 atom stereocenters. The van der Waals surface area contributed by atoms with Gasteiger partial charge in [-0.05, 0) is 44.9 Å². The molecule has 0 amide bonds. The van der Waals surface area contributed by atoms with Crippen LogP contribution in [0, 0.1) is 0 Å². The lowest BCUT2D eigenvalue weighted by atomic mass is 10.3. The van der Waals surface area contributed by atoms with Crippen LogP contribution in [0.2, 0.25) is 0 Å². The van der Waals surface area contributed by atoms with Crippen LogP contribution in [0.4, 0.5) is 0 Å². The molecule has 12 nitrogen and oxygen atoms in total. The highest BCUT2D eigenvalue weighted by Crippen LogP contribution is 2.08. The van der Waals surface area contributed by atoms with Crippen LogP contribution in [0.3, 0.4) is 0 Å². The van der Waals surface area contributed by atoms with Gasteiger partial charge in [0.15, 0.2) is 12.6 Å². The fraction of sp³-hybridized carbons (Fsp3) is 1.00. The smallest absolute Gasteiger partial charge is 0.157 e. The number of aliphatic hydroxyl groups is 3. The van der Waals surface area contributed by atoms with Gasteiger partial charge in [0.1, 0.15) is 0 Å². The molecular weight excluding hydrogens is 672 g/mol. The molecular formula is C40H90O12. The van der Waals surface area contributed by atoms with Crippen LogP contribution in [0.25, 0.3) is 0 Å². The van der Waals surface area contributed by atoms with E-state index in [1.165, 1.54) is 12.8 Å². The Kier molecular flexibility index (Phi) is 67.0. The third-order valence-corrected chi connectivity index (χ3v) is 6.72. The Hall–Kier alpha value is -0.480. The first-order valence-corrected chi connectivity index (χ1v) is 20.7. The van der Waals surface area contributed by atoms with E-state index in [9.17, 15) is 0 Å². The molecule has 1 unspecified atom stereocenters. The van der Waals surface area contributed by atoms with Crippen LogP contribution < -0.4 is 0 Å². The van der Waals surface area contributed by atoms with Crippen LogP contribution in [0.1, 0.15) is 140 Å². The van der Waals surface area contributed by atoms with Crippen LogP contribution in [0.5, 0.6) is 0 Å². The van der Waals surface area contributed by atoms with Crippen molar-refractivity contribution in [2.24, 2.45) is 0 Å². The fourth-order valence-electron chi connectivity index (χ4n) is 3.67. The Bertz CT molecular complexity index is 516. The molecule has 0 aliphatic carbocycles. The first kappa shape index (κ1) is 58.2. The highest BCUT2D eigenvalue weighted by Gasteiger charge is 2.13. The van der Waals surface area contributed by atoms with Crippen molar-refractivity contribution in [3.8, 4) is 0 Å². The monoisotopic (exact) mass is 763 g/mol. The molecule has 0 aromatic carbocycles. The van der Waals surface area contributed by atoms with Crippen LogP contribution in [-0.4, -0.2) is 140 Å². The second-order valence-corrected chi connectivity index (χ2v) is 11.9. The van der Waals surface area contributed by atoms with Gasteiger partial charge >= 0.3 is 0 Å². The minimum Gasteiger partial charge on any atom is -0.394 e. The van der Waals surface area contributed by atoms with E-state index in [0.717, 1.165) is 137 Å². The lowest BCUT2D eigenvalue weighted by molar-refractivity contribution is -0.158. The van der Waals surface area contributed by atoms with Gasteiger partial charge in [-0.25, -0.2) is 0 Å². The van der Waals surface area contributed by atoms with Crippen molar-refractivity contribution >= 4 is 0 Å². The summed E-state index contributed by atoms with van der Waals surface area (Å²) in [6.45, 7) is 24.9. The Balaban J connectivity index is -0.000000186. The predicted molar refractivity (Wildman–Crippen MR) is 213 cm³/mol. The van der Waals surface area contributed by atoms with Gasteiger partial charge in [0.25, 0.3) is 0 Å². The van der Waals surface area contributed by atoms with E-state index in [0.29, 0.717) is 33.0 Å². The summed E-state index contributed by atoms with van der Waals surface area (Å²) >= 11 is 0. The van der Waals surface area contributed by atoms with Crippen molar-refractivity contribution in [2.75, 3.05) is 112 Å². The standard InChI is InChI=1S/C12H26O4.C10H22O2.C6H12O2.2C6H14O2.H2/c1-3-5-8-14-10-11-16-12(6-4-2)15-9-7-13;1-3-5-7-11-9-10-12-8-6-4-2;1-2-3-6-7-4-5-8-6;2*1-2-3-5-8-6-4-7;/h12-13H,3-11H2,1-2H3;3-10H2,1-2H3;6H,2-5H2,1H3;2*7H,2-6H2,1H3;1H. The van der Waals surface area contributed by atoms with Gasteiger partial charge in [0.05, 0.1) is 79.3 Å². The molecule has 1 rings (SSSR count). The molecule has 52 heavy (non-hydrogen) atoms. The van der Waals surface area contributed by atoms with Crippen molar-refractivity contribution < 1.29 is 59.4 Å². The average Bonchev–Trinajstić information content (AvgIpc) is 3.68. The third-order valence-electron chi connectivity index (χ3n) is 6.72. The highest BCUT2D eigenvalue weighted by molar-refractivity contribution is 4.49. The third kappa shape index (κ3) is 61.6. The van der Waals surface area contributed by atoms with Gasteiger partial charge < -0.3 is 58.0 Å². The molecule has 3 N–H and O–H groups in total. The van der Waals surface area contributed by atoms with E-state index in [4.69, 9.17) is 58.0 Å². The molecule has 0 radical (unpaired) electrons. The summed E-state index contributed by atoms with van der Waals surface area (Å²) in [6, 6.07) is 0. The molecule has 0 spiro atoms. The molecule has 1 saturated heterocycles. The first-order chi connectivity index (χ1) is 25.5. The van der Waals surface area contributed by atoms with Crippen molar-refractivity contribution in [2.45, 2.75) is 151 Å². The summed E-state index contributed by atoms with van der Waals surface area (Å²) < 4.78 is 47.2. The SMILES string of the molecule is CCCC1OCCO1.CCCCOCCO.CCCCOCCO.CCCCOCCOC(CCC)OCCO.CCCCOCCOCCCC.[HH]. The van der Waals surface area contributed by atoms with Gasteiger partial charge in [-0.15, -0.1) is 0 Å². The molecule has 0 bridgehead atoms. The van der Waals surface area contributed by atoms with E-state index >= 15 is 0 Å². The van der Waals surface area contributed by atoms with E-state index in [2.05, 4.69) is 48.5 Å². The number of hydrogen-bond donors (Lipinski definition) is 3. The average molecular weight is 763 g/mol. The zero-order valence-electron chi connectivity index (χ0n) is 35.1. The lowest BCUT2D eigenvalue weighted by Gasteiger charge is -2.17. The van der Waals surface area contributed by atoms with Gasteiger partial charge in [-0.3, -0.25) is 0 Å². The van der Waals surface area contributed by atoms with E-state index in [1.807, 2.05) is 0 Å². The van der Waals surface area contributed by atoms with Crippen molar-refractivity contribution in [3.05, 3.63) is 0 Å².